The van der Waals surface area contributed by atoms with Crippen LogP contribution in [0.5, 0.6) is 0 Å². The molecule has 0 amide bonds. The van der Waals surface area contributed by atoms with Gasteiger partial charge < -0.3 is 20.7 Å². The van der Waals surface area contributed by atoms with Crippen LogP contribution in [0.4, 0.5) is 0 Å². The molecule has 1 unspecified atom stereocenters. The molecule has 0 radical (unpaired) electrons. The Balaban J connectivity index is 2.50. The van der Waals surface area contributed by atoms with Crippen molar-refractivity contribution in [2.45, 2.75) is 51.4 Å². The molecular weight excluding hydrogens is 296 g/mol. The lowest BCUT2D eigenvalue weighted by atomic mass is 9.67. The van der Waals surface area contributed by atoms with Gasteiger partial charge in [-0.2, -0.15) is 0 Å². The third-order valence-electron chi connectivity index (χ3n) is 4.09. The largest absolute Gasteiger partial charge is 0.466 e. The first-order valence-electron chi connectivity index (χ1n) is 7.25. The number of hydrogen-bond acceptors (Lipinski definition) is 7. The number of carbonyl (C=O) groups is 1. The van der Waals surface area contributed by atoms with Crippen molar-refractivity contribution in [2.24, 2.45) is 11.1 Å². The molecule has 7 nitrogen and oxygen atoms in total. The molecule has 0 aliphatic heterocycles. The molecule has 1 aliphatic carbocycles. The maximum Gasteiger partial charge on any atom is 0.312 e. The molecule has 0 aromatic heterocycles. The highest BCUT2D eigenvalue weighted by molar-refractivity contribution is 7.92. The van der Waals surface area contributed by atoms with E-state index in [1.807, 2.05) is 0 Å². The zero-order valence-corrected chi connectivity index (χ0v) is 13.2. The number of aliphatic hydroxyl groups excluding tert-OH is 1. The van der Waals surface area contributed by atoms with Crippen molar-refractivity contribution in [3.63, 3.8) is 0 Å². The molecule has 1 aliphatic rings. The number of nitrogens with one attached hydrogen (secondary N) is 1. The Labute approximate surface area is 125 Å². The van der Waals surface area contributed by atoms with Crippen molar-refractivity contribution in [1.82, 2.24) is 0 Å². The van der Waals surface area contributed by atoms with Gasteiger partial charge in [0.2, 0.25) is 0 Å². The minimum Gasteiger partial charge on any atom is -0.466 e. The third-order valence-corrected chi connectivity index (χ3v) is 5.85. The van der Waals surface area contributed by atoms with Crippen molar-refractivity contribution in [3.8, 4) is 0 Å². The average Bonchev–Trinajstić information content (AvgIpc) is 2.34. The summed E-state index contributed by atoms with van der Waals surface area (Å²) in [5.74, 6) is -0.140. The second kappa shape index (κ2) is 7.53. The summed E-state index contributed by atoms with van der Waals surface area (Å²) < 4.78 is 25.1. The van der Waals surface area contributed by atoms with E-state index in [-0.39, 0.29) is 23.9 Å². The Morgan fingerprint density at radius 1 is 1.43 bits per heavy atom. The zero-order valence-electron chi connectivity index (χ0n) is 12.4. The first-order chi connectivity index (χ1) is 9.72. The van der Waals surface area contributed by atoms with Gasteiger partial charge in [0.05, 0.1) is 18.1 Å². The number of aliphatic hydroxyl groups is 2. The van der Waals surface area contributed by atoms with Crippen LogP contribution in [0.2, 0.25) is 0 Å². The first-order valence-corrected chi connectivity index (χ1v) is 9.15. The molecular formula is C13H26N2O5S. The standard InChI is InChI=1S/C13H26N2O5S/c1-2-20-12(18)13(5-3-6-13)7-9-21(15,19)8-4-10(14)11(16)17/h10-11,15-17H,2-9,14H2,1H3/t10-,21?/m0/s1. The van der Waals surface area contributed by atoms with Crippen molar-refractivity contribution >= 4 is 15.7 Å². The zero-order chi connectivity index (χ0) is 16.1. The number of hydrogen-bond donors (Lipinski definition) is 4. The molecule has 5 N–H and O–H groups in total. The van der Waals surface area contributed by atoms with Crippen molar-refractivity contribution < 1.29 is 24.0 Å². The van der Waals surface area contributed by atoms with Gasteiger partial charge in [0.25, 0.3) is 0 Å². The lowest BCUT2D eigenvalue weighted by Crippen LogP contribution is -2.41. The SMILES string of the molecule is CCOC(=O)C1(CCS(=N)(=O)CC[C@H](N)C(O)O)CCC1. The van der Waals surface area contributed by atoms with E-state index in [9.17, 15) is 9.00 Å². The van der Waals surface area contributed by atoms with Gasteiger partial charge in [-0.3, -0.25) is 9.57 Å². The average molecular weight is 322 g/mol. The Kier molecular flexibility index (Phi) is 6.58. The highest BCUT2D eigenvalue weighted by atomic mass is 32.2. The van der Waals surface area contributed by atoms with Gasteiger partial charge in [-0.1, -0.05) is 6.42 Å². The summed E-state index contributed by atoms with van der Waals surface area (Å²) in [7, 11) is -2.88. The summed E-state index contributed by atoms with van der Waals surface area (Å²) in [6.07, 6.45) is 1.20. The molecule has 1 saturated carbocycles. The minimum atomic E-state index is -2.88. The van der Waals surface area contributed by atoms with Gasteiger partial charge in [-0.25, -0.2) is 4.21 Å². The van der Waals surface area contributed by atoms with E-state index >= 15 is 0 Å². The van der Waals surface area contributed by atoms with Crippen LogP contribution in [0.1, 0.15) is 39.0 Å². The third kappa shape index (κ3) is 5.21. The van der Waals surface area contributed by atoms with E-state index in [0.29, 0.717) is 13.0 Å². The number of carbonyl (C=O) groups excluding carboxylic acids is 1. The molecule has 0 heterocycles. The summed E-state index contributed by atoms with van der Waals surface area (Å²) in [6.45, 7) is 2.07. The van der Waals surface area contributed by atoms with E-state index in [1.54, 1.807) is 6.92 Å². The second-order valence-electron chi connectivity index (χ2n) is 5.69. The summed E-state index contributed by atoms with van der Waals surface area (Å²) in [5, 5.41) is 17.7. The number of esters is 1. The molecule has 0 aromatic rings. The minimum absolute atomic E-state index is 0.00465. The van der Waals surface area contributed by atoms with Gasteiger partial charge in [-0.05, 0) is 32.6 Å². The van der Waals surface area contributed by atoms with Crippen molar-refractivity contribution in [3.05, 3.63) is 0 Å². The van der Waals surface area contributed by atoms with E-state index in [4.69, 9.17) is 25.5 Å². The van der Waals surface area contributed by atoms with Gasteiger partial charge in [0.15, 0.2) is 6.29 Å². The predicted molar refractivity (Wildman–Crippen MR) is 78.9 cm³/mol. The topological polar surface area (TPSA) is 134 Å². The lowest BCUT2D eigenvalue weighted by Gasteiger charge is -2.39. The fraction of sp³-hybridized carbons (Fsp3) is 0.923. The van der Waals surface area contributed by atoms with Gasteiger partial charge >= 0.3 is 5.97 Å². The van der Waals surface area contributed by atoms with Crippen LogP contribution >= 0.6 is 0 Å². The monoisotopic (exact) mass is 322 g/mol. The van der Waals surface area contributed by atoms with Gasteiger partial charge in [0.1, 0.15) is 0 Å². The molecule has 8 heteroatoms. The highest BCUT2D eigenvalue weighted by Crippen LogP contribution is 2.45. The van der Waals surface area contributed by atoms with E-state index in [2.05, 4.69) is 0 Å². The molecule has 0 aromatic carbocycles. The molecule has 0 saturated heterocycles. The maximum atomic E-state index is 12.2. The molecule has 0 bridgehead atoms. The molecule has 0 spiro atoms. The van der Waals surface area contributed by atoms with Crippen LogP contribution in [0.15, 0.2) is 0 Å². The fourth-order valence-electron chi connectivity index (χ4n) is 2.38. The van der Waals surface area contributed by atoms with Crippen LogP contribution in [0.3, 0.4) is 0 Å². The lowest BCUT2D eigenvalue weighted by molar-refractivity contribution is -0.161. The molecule has 1 fully saturated rings. The summed E-state index contributed by atoms with van der Waals surface area (Å²) in [6, 6.07) is -0.904. The van der Waals surface area contributed by atoms with Crippen LogP contribution in [0, 0.1) is 10.2 Å². The van der Waals surface area contributed by atoms with Crippen molar-refractivity contribution in [2.75, 3.05) is 18.1 Å². The van der Waals surface area contributed by atoms with E-state index < -0.39 is 27.5 Å². The van der Waals surface area contributed by atoms with E-state index in [1.165, 1.54) is 0 Å². The Morgan fingerprint density at radius 2 is 2.05 bits per heavy atom. The summed E-state index contributed by atoms with van der Waals surface area (Å²) >= 11 is 0. The Hall–Kier alpha value is -0.700. The Morgan fingerprint density at radius 3 is 2.48 bits per heavy atom. The maximum absolute atomic E-state index is 12.2. The molecule has 21 heavy (non-hydrogen) atoms. The predicted octanol–water partition coefficient (Wildman–Crippen LogP) is 0.185. The number of ether oxygens (including phenoxy) is 1. The smallest absolute Gasteiger partial charge is 0.312 e. The Bertz CT molecular complexity index is 445. The second-order valence-corrected chi connectivity index (χ2v) is 8.13. The molecule has 124 valence electrons. The summed E-state index contributed by atoms with van der Waals surface area (Å²) in [4.78, 5) is 12.0. The van der Waals surface area contributed by atoms with Gasteiger partial charge in [0, 0.05) is 21.2 Å². The highest BCUT2D eigenvalue weighted by Gasteiger charge is 2.45. The fourth-order valence-corrected chi connectivity index (χ4v) is 3.96. The van der Waals surface area contributed by atoms with E-state index in [0.717, 1.165) is 19.3 Å². The first kappa shape index (κ1) is 18.3. The van der Waals surface area contributed by atoms with Crippen LogP contribution in [-0.4, -0.2) is 50.8 Å². The van der Waals surface area contributed by atoms with Crippen LogP contribution in [0.25, 0.3) is 0 Å². The van der Waals surface area contributed by atoms with Gasteiger partial charge in [-0.15, -0.1) is 0 Å². The number of rotatable bonds is 9. The summed E-state index contributed by atoms with van der Waals surface area (Å²) in [5.41, 5.74) is 4.88. The van der Waals surface area contributed by atoms with Crippen LogP contribution < -0.4 is 5.73 Å². The van der Waals surface area contributed by atoms with Crippen molar-refractivity contribution in [1.29, 1.82) is 4.78 Å². The normalized spacial score (nSPS) is 21.4. The number of nitrogens with two attached hydrogens (primary N) is 1. The quantitative estimate of drug-likeness (QED) is 0.353. The molecule has 2 atom stereocenters. The molecule has 1 rings (SSSR count). The van der Waals surface area contributed by atoms with Crippen LogP contribution in [-0.2, 0) is 19.3 Å².